The first-order valence-electron chi connectivity index (χ1n) is 5.06. The first-order chi connectivity index (χ1) is 8.22. The fraction of sp³-hybridized carbons (Fsp3) is 0.333. The van der Waals surface area contributed by atoms with Crippen molar-refractivity contribution in [2.24, 2.45) is 10.3 Å². The van der Waals surface area contributed by atoms with Gasteiger partial charge in [0.15, 0.2) is 0 Å². The van der Waals surface area contributed by atoms with E-state index in [-0.39, 0.29) is 0 Å². The molecule has 0 atom stereocenters. The lowest BCUT2D eigenvalue weighted by Gasteiger charge is -2.05. The molecule has 0 saturated carbocycles. The standard InChI is InChI=1S/C12H16N2O2S/c1-9(13-15-2)12(14-16-3)10-5-7-11(17-4)8-6-10/h5-8H,1-4H3/b13-9+,14-12-. The van der Waals surface area contributed by atoms with Gasteiger partial charge in [-0.25, -0.2) is 0 Å². The number of hydrogen-bond donors (Lipinski definition) is 0. The average molecular weight is 252 g/mol. The molecule has 0 aliphatic carbocycles. The predicted octanol–water partition coefficient (Wildman–Crippen LogP) is 2.78. The minimum Gasteiger partial charge on any atom is -0.399 e. The Morgan fingerprint density at radius 3 is 2.12 bits per heavy atom. The third kappa shape index (κ3) is 3.78. The van der Waals surface area contributed by atoms with Crippen LogP contribution >= 0.6 is 11.8 Å². The third-order valence-corrected chi connectivity index (χ3v) is 2.86. The average Bonchev–Trinajstić information content (AvgIpc) is 2.36. The van der Waals surface area contributed by atoms with Crippen LogP contribution in [0.3, 0.4) is 0 Å². The summed E-state index contributed by atoms with van der Waals surface area (Å²) >= 11 is 1.70. The van der Waals surface area contributed by atoms with Crippen LogP contribution in [0.4, 0.5) is 0 Å². The fourth-order valence-electron chi connectivity index (χ4n) is 1.35. The number of rotatable bonds is 5. The highest BCUT2D eigenvalue weighted by atomic mass is 32.2. The van der Waals surface area contributed by atoms with Gasteiger partial charge in [-0.1, -0.05) is 22.4 Å². The quantitative estimate of drug-likeness (QED) is 0.460. The van der Waals surface area contributed by atoms with Crippen molar-refractivity contribution in [3.8, 4) is 0 Å². The Hall–Kier alpha value is -1.49. The maximum Gasteiger partial charge on any atom is 0.134 e. The lowest BCUT2D eigenvalue weighted by Crippen LogP contribution is -2.13. The summed E-state index contributed by atoms with van der Waals surface area (Å²) in [5.41, 5.74) is 2.29. The first kappa shape index (κ1) is 13.6. The number of thioether (sulfide) groups is 1. The van der Waals surface area contributed by atoms with Gasteiger partial charge in [-0.05, 0) is 25.3 Å². The molecule has 4 nitrogen and oxygen atoms in total. The summed E-state index contributed by atoms with van der Waals surface area (Å²) in [6.07, 6.45) is 2.04. The Balaban J connectivity index is 3.06. The largest absolute Gasteiger partial charge is 0.399 e. The zero-order valence-corrected chi connectivity index (χ0v) is 11.2. The van der Waals surface area contributed by atoms with Crippen molar-refractivity contribution in [1.82, 2.24) is 0 Å². The van der Waals surface area contributed by atoms with Crippen molar-refractivity contribution >= 4 is 23.2 Å². The second-order valence-electron chi connectivity index (χ2n) is 3.21. The molecule has 0 aliphatic heterocycles. The second-order valence-corrected chi connectivity index (χ2v) is 4.09. The molecule has 0 spiro atoms. The van der Waals surface area contributed by atoms with E-state index in [4.69, 9.17) is 9.68 Å². The van der Waals surface area contributed by atoms with E-state index in [1.54, 1.807) is 11.8 Å². The van der Waals surface area contributed by atoms with Crippen molar-refractivity contribution in [3.05, 3.63) is 29.8 Å². The molecule has 0 saturated heterocycles. The molecule has 0 unspecified atom stereocenters. The normalized spacial score (nSPS) is 12.5. The van der Waals surface area contributed by atoms with Crippen molar-refractivity contribution in [2.75, 3.05) is 20.5 Å². The lowest BCUT2D eigenvalue weighted by molar-refractivity contribution is 0.210. The Morgan fingerprint density at radius 1 is 1.06 bits per heavy atom. The van der Waals surface area contributed by atoms with Crippen molar-refractivity contribution in [1.29, 1.82) is 0 Å². The summed E-state index contributed by atoms with van der Waals surface area (Å²) in [7, 11) is 3.01. The van der Waals surface area contributed by atoms with Gasteiger partial charge in [0.1, 0.15) is 25.6 Å². The molecule has 17 heavy (non-hydrogen) atoms. The van der Waals surface area contributed by atoms with E-state index in [0.717, 1.165) is 5.56 Å². The van der Waals surface area contributed by atoms with Crippen molar-refractivity contribution in [3.63, 3.8) is 0 Å². The molecule has 0 amide bonds. The summed E-state index contributed by atoms with van der Waals surface area (Å²) in [5, 5.41) is 7.83. The molecule has 0 aromatic heterocycles. The van der Waals surface area contributed by atoms with E-state index in [0.29, 0.717) is 11.4 Å². The van der Waals surface area contributed by atoms with E-state index in [2.05, 4.69) is 10.3 Å². The molecule has 0 aliphatic rings. The van der Waals surface area contributed by atoms with Gasteiger partial charge in [0, 0.05) is 10.5 Å². The highest BCUT2D eigenvalue weighted by molar-refractivity contribution is 7.98. The van der Waals surface area contributed by atoms with Gasteiger partial charge in [-0.15, -0.1) is 11.8 Å². The van der Waals surface area contributed by atoms with Gasteiger partial charge >= 0.3 is 0 Å². The van der Waals surface area contributed by atoms with Gasteiger partial charge in [0.2, 0.25) is 0 Å². The van der Waals surface area contributed by atoms with Gasteiger partial charge in [0.25, 0.3) is 0 Å². The van der Waals surface area contributed by atoms with Crippen molar-refractivity contribution in [2.45, 2.75) is 11.8 Å². The van der Waals surface area contributed by atoms with Crippen LogP contribution in [0.25, 0.3) is 0 Å². The fourth-order valence-corrected chi connectivity index (χ4v) is 1.76. The van der Waals surface area contributed by atoms with Crippen LogP contribution in [0.2, 0.25) is 0 Å². The van der Waals surface area contributed by atoms with Crippen LogP contribution < -0.4 is 0 Å². The van der Waals surface area contributed by atoms with Gasteiger partial charge in [-0.2, -0.15) is 0 Å². The molecule has 5 heteroatoms. The molecular formula is C12H16N2O2S. The zero-order valence-electron chi connectivity index (χ0n) is 10.4. The first-order valence-corrected chi connectivity index (χ1v) is 6.29. The monoisotopic (exact) mass is 252 g/mol. The van der Waals surface area contributed by atoms with E-state index < -0.39 is 0 Å². The maximum atomic E-state index is 4.83. The summed E-state index contributed by atoms with van der Waals surface area (Å²) in [6, 6.07) is 8.03. The minimum atomic E-state index is 0.669. The molecule has 1 rings (SSSR count). The molecule has 0 fully saturated rings. The van der Waals surface area contributed by atoms with E-state index in [9.17, 15) is 0 Å². The van der Waals surface area contributed by atoms with Gasteiger partial charge < -0.3 is 9.68 Å². The molecule has 0 radical (unpaired) electrons. The van der Waals surface area contributed by atoms with Crippen LogP contribution in [0.1, 0.15) is 12.5 Å². The molecular weight excluding hydrogens is 236 g/mol. The molecule has 1 aromatic carbocycles. The number of hydrogen-bond acceptors (Lipinski definition) is 5. The molecule has 92 valence electrons. The number of oxime groups is 2. The summed E-state index contributed by atoms with van der Waals surface area (Å²) in [6.45, 7) is 1.82. The SMILES string of the molecule is CO/N=C(C)/C(=N/OC)c1ccc(SC)cc1. The summed E-state index contributed by atoms with van der Waals surface area (Å²) < 4.78 is 0. The number of nitrogens with zero attached hydrogens (tertiary/aromatic N) is 2. The van der Waals surface area contributed by atoms with Crippen LogP contribution in [-0.2, 0) is 9.68 Å². The minimum absolute atomic E-state index is 0.669. The van der Waals surface area contributed by atoms with Gasteiger partial charge in [0.05, 0.1) is 0 Å². The summed E-state index contributed by atoms with van der Waals surface area (Å²) in [4.78, 5) is 10.8. The Bertz CT molecular complexity index is 413. The number of benzene rings is 1. The molecule has 1 aromatic rings. The highest BCUT2D eigenvalue weighted by Gasteiger charge is 2.09. The van der Waals surface area contributed by atoms with Crippen molar-refractivity contribution < 1.29 is 9.68 Å². The summed E-state index contributed by atoms with van der Waals surface area (Å²) in [5.74, 6) is 0. The Kier molecular flexibility index (Phi) is 5.56. The molecule has 0 bridgehead atoms. The predicted molar refractivity (Wildman–Crippen MR) is 71.9 cm³/mol. The zero-order chi connectivity index (χ0) is 12.7. The third-order valence-electron chi connectivity index (χ3n) is 2.12. The van der Waals surface area contributed by atoms with Crippen LogP contribution in [0, 0.1) is 0 Å². The van der Waals surface area contributed by atoms with Gasteiger partial charge in [-0.3, -0.25) is 0 Å². The smallest absolute Gasteiger partial charge is 0.134 e. The topological polar surface area (TPSA) is 43.2 Å². The van der Waals surface area contributed by atoms with E-state index in [1.165, 1.54) is 19.1 Å². The van der Waals surface area contributed by atoms with E-state index >= 15 is 0 Å². The van der Waals surface area contributed by atoms with E-state index in [1.807, 2.05) is 37.4 Å². The Morgan fingerprint density at radius 2 is 1.65 bits per heavy atom. The van der Waals surface area contributed by atoms with Crippen LogP contribution in [0.15, 0.2) is 39.5 Å². The van der Waals surface area contributed by atoms with Crippen LogP contribution in [0.5, 0.6) is 0 Å². The maximum absolute atomic E-state index is 4.83. The Labute approximate surface area is 106 Å². The lowest BCUT2D eigenvalue weighted by atomic mass is 10.1. The second kappa shape index (κ2) is 6.96. The molecule has 0 N–H and O–H groups in total. The highest BCUT2D eigenvalue weighted by Crippen LogP contribution is 2.15. The molecule has 0 heterocycles. The van der Waals surface area contributed by atoms with Crippen LogP contribution in [-0.4, -0.2) is 31.9 Å².